The van der Waals surface area contributed by atoms with Crippen molar-refractivity contribution in [1.82, 2.24) is 0 Å². The number of hydrogen-bond donors (Lipinski definition) is 1. The summed E-state index contributed by atoms with van der Waals surface area (Å²) in [5, 5.41) is 8.58. The van der Waals surface area contributed by atoms with E-state index in [1.807, 2.05) is 0 Å². The van der Waals surface area contributed by atoms with Gasteiger partial charge in [0.15, 0.2) is 17.6 Å². The van der Waals surface area contributed by atoms with E-state index in [1.54, 1.807) is 0 Å². The van der Waals surface area contributed by atoms with E-state index >= 15 is 0 Å². The Morgan fingerprint density at radius 1 is 1.56 bits per heavy atom. The largest absolute Gasteiger partial charge is 0.481 e. The molecule has 1 N–H and O–H groups in total. The van der Waals surface area contributed by atoms with E-state index in [1.165, 1.54) is 0 Å². The molecule has 7 heteroatoms. The van der Waals surface area contributed by atoms with Gasteiger partial charge in [0.05, 0.1) is 6.61 Å². The van der Waals surface area contributed by atoms with Gasteiger partial charge < -0.3 is 9.84 Å². The van der Waals surface area contributed by atoms with Gasteiger partial charge in [-0.25, -0.2) is 17.6 Å². The molecule has 16 heavy (non-hydrogen) atoms. The van der Waals surface area contributed by atoms with Crippen LogP contribution in [-0.4, -0.2) is 30.5 Å². The highest BCUT2D eigenvalue weighted by atomic mass is 19.2. The number of carboxylic acids is 1. The predicted molar refractivity (Wildman–Crippen MR) is 45.3 cm³/mol. The lowest BCUT2D eigenvalue weighted by atomic mass is 9.83. The van der Waals surface area contributed by atoms with E-state index in [0.29, 0.717) is 0 Å². The highest BCUT2D eigenvalue weighted by Gasteiger charge is 2.54. The molecule has 0 bridgehead atoms. The summed E-state index contributed by atoms with van der Waals surface area (Å²) in [4.78, 5) is 10.6. The molecule has 2 atom stereocenters. The lowest BCUT2D eigenvalue weighted by Gasteiger charge is -2.30. The zero-order valence-corrected chi connectivity index (χ0v) is 8.14. The minimum absolute atomic E-state index is 0.0200. The second-order valence-electron chi connectivity index (χ2n) is 3.25. The van der Waals surface area contributed by atoms with Crippen LogP contribution in [0.4, 0.5) is 17.6 Å². The molecule has 0 radical (unpaired) electrons. The lowest BCUT2D eigenvalue weighted by Crippen LogP contribution is -2.45. The summed E-state index contributed by atoms with van der Waals surface area (Å²) in [6.07, 6.45) is -0.0200. The van der Waals surface area contributed by atoms with Crippen LogP contribution in [0.1, 0.15) is 0 Å². The second kappa shape index (κ2) is 4.25. The van der Waals surface area contributed by atoms with Gasteiger partial charge in [-0.3, -0.25) is 4.79 Å². The van der Waals surface area contributed by atoms with Gasteiger partial charge in [0, 0.05) is 13.2 Å². The first-order valence-corrected chi connectivity index (χ1v) is 4.18. The third kappa shape index (κ3) is 1.82. The monoisotopic (exact) mass is 240 g/mol. The fourth-order valence-corrected chi connectivity index (χ4v) is 1.44. The van der Waals surface area contributed by atoms with Crippen molar-refractivity contribution in [2.75, 3.05) is 13.7 Å². The van der Waals surface area contributed by atoms with Gasteiger partial charge in [0.1, 0.15) is 5.83 Å². The maximum absolute atomic E-state index is 13.9. The molecule has 0 heterocycles. The molecule has 0 aliphatic heterocycles. The molecular weight excluding hydrogens is 232 g/mol. The summed E-state index contributed by atoms with van der Waals surface area (Å²) in [6, 6.07) is 0. The molecule has 1 aliphatic rings. The molecule has 3 nitrogen and oxygen atoms in total. The van der Waals surface area contributed by atoms with Crippen molar-refractivity contribution in [1.29, 1.82) is 0 Å². The lowest BCUT2D eigenvalue weighted by molar-refractivity contribution is -0.148. The summed E-state index contributed by atoms with van der Waals surface area (Å²) in [5.41, 5.74) is -3.22. The van der Waals surface area contributed by atoms with Crippen LogP contribution in [0.15, 0.2) is 23.6 Å². The van der Waals surface area contributed by atoms with E-state index in [0.717, 1.165) is 7.11 Å². The molecule has 0 fully saturated rings. The van der Waals surface area contributed by atoms with Gasteiger partial charge in [-0.1, -0.05) is 0 Å². The smallest absolute Gasteiger partial charge is 0.317 e. The average molecular weight is 240 g/mol. The summed E-state index contributed by atoms with van der Waals surface area (Å²) >= 11 is 0. The molecule has 0 saturated carbocycles. The van der Waals surface area contributed by atoms with Gasteiger partial charge in [0.2, 0.25) is 5.67 Å². The van der Waals surface area contributed by atoms with Crippen molar-refractivity contribution in [3.8, 4) is 0 Å². The Bertz CT molecular complexity index is 377. The molecule has 2 unspecified atom stereocenters. The van der Waals surface area contributed by atoms with Crippen LogP contribution in [0.25, 0.3) is 0 Å². The normalized spacial score (nSPS) is 30.3. The third-order valence-electron chi connectivity index (χ3n) is 2.19. The van der Waals surface area contributed by atoms with Gasteiger partial charge >= 0.3 is 5.97 Å². The molecule has 0 aromatic rings. The number of methoxy groups -OCH3 is 1. The minimum atomic E-state index is -3.22. The Morgan fingerprint density at radius 3 is 2.56 bits per heavy atom. The Kier molecular flexibility index (Phi) is 3.37. The minimum Gasteiger partial charge on any atom is -0.481 e. The Hall–Kier alpha value is -1.37. The summed E-state index contributed by atoms with van der Waals surface area (Å²) < 4.78 is 57.2. The van der Waals surface area contributed by atoms with Crippen molar-refractivity contribution < 1.29 is 32.2 Å². The SMILES string of the molecule is COCC1(F)C(F)=CC(F)=C(F)C1C(=O)O. The van der Waals surface area contributed by atoms with E-state index in [9.17, 15) is 22.4 Å². The highest BCUT2D eigenvalue weighted by Crippen LogP contribution is 2.43. The van der Waals surface area contributed by atoms with Crippen LogP contribution in [0, 0.1) is 5.92 Å². The zero-order chi connectivity index (χ0) is 12.5. The van der Waals surface area contributed by atoms with Crippen LogP contribution in [-0.2, 0) is 9.53 Å². The molecule has 90 valence electrons. The van der Waals surface area contributed by atoms with E-state index in [-0.39, 0.29) is 6.08 Å². The Balaban J connectivity index is 3.28. The molecule has 0 spiro atoms. The van der Waals surface area contributed by atoms with Crippen LogP contribution < -0.4 is 0 Å². The predicted octanol–water partition coefficient (Wildman–Crippen LogP) is 2.06. The molecule has 1 aliphatic carbocycles. The number of aliphatic carboxylic acids is 1. The van der Waals surface area contributed by atoms with Crippen molar-refractivity contribution >= 4 is 5.97 Å². The maximum atomic E-state index is 13.9. The maximum Gasteiger partial charge on any atom is 0.317 e. The van der Waals surface area contributed by atoms with E-state index in [4.69, 9.17) is 5.11 Å². The first-order chi connectivity index (χ1) is 7.34. The fourth-order valence-electron chi connectivity index (χ4n) is 1.44. The number of allylic oxidation sites excluding steroid dienone is 2. The van der Waals surface area contributed by atoms with Crippen molar-refractivity contribution in [2.24, 2.45) is 5.92 Å². The number of hydrogen-bond acceptors (Lipinski definition) is 2. The number of carboxylic acid groups (broad SMARTS) is 1. The molecule has 0 aromatic carbocycles. The quantitative estimate of drug-likeness (QED) is 0.768. The number of rotatable bonds is 3. The molecular formula is C9H8F4O3. The van der Waals surface area contributed by atoms with Gasteiger partial charge in [-0.15, -0.1) is 0 Å². The summed E-state index contributed by atoms with van der Waals surface area (Å²) in [5.74, 6) is -9.86. The molecule has 0 saturated heterocycles. The Morgan fingerprint density at radius 2 is 2.12 bits per heavy atom. The summed E-state index contributed by atoms with van der Waals surface area (Å²) in [6.45, 7) is -1.02. The highest BCUT2D eigenvalue weighted by molar-refractivity contribution is 5.76. The van der Waals surface area contributed by atoms with Crippen LogP contribution >= 0.6 is 0 Å². The van der Waals surface area contributed by atoms with E-state index < -0.39 is 41.6 Å². The van der Waals surface area contributed by atoms with Gasteiger partial charge in [0.25, 0.3) is 0 Å². The number of halogens is 4. The fraction of sp³-hybridized carbons (Fsp3) is 0.444. The van der Waals surface area contributed by atoms with Crippen LogP contribution in [0.5, 0.6) is 0 Å². The number of alkyl halides is 1. The van der Waals surface area contributed by atoms with Crippen LogP contribution in [0.2, 0.25) is 0 Å². The Labute approximate surface area is 88.0 Å². The van der Waals surface area contributed by atoms with Crippen molar-refractivity contribution in [3.63, 3.8) is 0 Å². The van der Waals surface area contributed by atoms with Crippen molar-refractivity contribution in [2.45, 2.75) is 5.67 Å². The van der Waals surface area contributed by atoms with Gasteiger partial charge in [-0.05, 0) is 0 Å². The van der Waals surface area contributed by atoms with E-state index in [2.05, 4.69) is 4.74 Å². The molecule has 0 amide bonds. The standard InChI is InChI=1S/C9H8F4O3/c1-16-3-9(13)5(11)2-4(10)7(12)6(9)8(14)15/h2,6H,3H2,1H3,(H,14,15). The average Bonchev–Trinajstić information content (AvgIpc) is 2.15. The summed E-state index contributed by atoms with van der Waals surface area (Å²) in [7, 11) is 0.986. The van der Waals surface area contributed by atoms with Crippen molar-refractivity contribution in [3.05, 3.63) is 23.6 Å². The number of carbonyl (C=O) groups is 1. The first-order valence-electron chi connectivity index (χ1n) is 4.18. The number of ether oxygens (including phenoxy) is 1. The first kappa shape index (κ1) is 12.7. The molecule has 0 aromatic heterocycles. The topological polar surface area (TPSA) is 46.5 Å². The third-order valence-corrected chi connectivity index (χ3v) is 2.19. The van der Waals surface area contributed by atoms with Crippen LogP contribution in [0.3, 0.4) is 0 Å². The second-order valence-corrected chi connectivity index (χ2v) is 3.25. The molecule has 1 rings (SSSR count). The zero-order valence-electron chi connectivity index (χ0n) is 8.14. The van der Waals surface area contributed by atoms with Gasteiger partial charge in [-0.2, -0.15) is 0 Å².